The van der Waals surface area contributed by atoms with Crippen LogP contribution in [0.15, 0.2) is 81.0 Å². The van der Waals surface area contributed by atoms with Crippen molar-refractivity contribution < 1.29 is 9.21 Å². The van der Waals surface area contributed by atoms with E-state index >= 15 is 0 Å². The SMILES string of the molecule is Cc1ccc(-n2c(SCC(=O)Nc3ccc(Br)cc3)nnc2-c2ccco2)cc1. The molecule has 4 aromatic rings. The highest BCUT2D eigenvalue weighted by molar-refractivity contribution is 9.10. The van der Waals surface area contributed by atoms with Crippen LogP contribution in [-0.4, -0.2) is 26.4 Å². The molecule has 1 N–H and O–H groups in total. The molecule has 0 spiro atoms. The molecule has 0 aliphatic heterocycles. The number of carbonyl (C=O) groups is 1. The van der Waals surface area contributed by atoms with Crippen LogP contribution in [0.5, 0.6) is 0 Å². The summed E-state index contributed by atoms with van der Waals surface area (Å²) in [5.74, 6) is 1.30. The molecule has 0 unspecified atom stereocenters. The summed E-state index contributed by atoms with van der Waals surface area (Å²) in [4.78, 5) is 12.4. The van der Waals surface area contributed by atoms with Crippen LogP contribution in [0, 0.1) is 6.92 Å². The molecule has 0 fully saturated rings. The number of hydrogen-bond donors (Lipinski definition) is 1. The van der Waals surface area contributed by atoms with E-state index in [0.29, 0.717) is 16.7 Å². The van der Waals surface area contributed by atoms with Gasteiger partial charge in [0.05, 0.1) is 12.0 Å². The first-order chi connectivity index (χ1) is 14.1. The molecule has 0 radical (unpaired) electrons. The van der Waals surface area contributed by atoms with Gasteiger partial charge in [0, 0.05) is 15.8 Å². The fraction of sp³-hybridized carbons (Fsp3) is 0.0952. The Kier molecular flexibility index (Phi) is 5.82. The number of amides is 1. The van der Waals surface area contributed by atoms with Crippen LogP contribution in [0.1, 0.15) is 5.56 Å². The molecule has 8 heteroatoms. The Morgan fingerprint density at radius 1 is 1.10 bits per heavy atom. The second-order valence-electron chi connectivity index (χ2n) is 6.30. The standard InChI is InChI=1S/C21H17BrN4O2S/c1-14-4-10-17(11-5-14)26-20(18-3-2-12-28-18)24-25-21(26)29-13-19(27)23-16-8-6-15(22)7-9-16/h2-12H,13H2,1H3,(H,23,27). The van der Waals surface area contributed by atoms with E-state index in [1.807, 2.05) is 72.2 Å². The van der Waals surface area contributed by atoms with Gasteiger partial charge in [0.25, 0.3) is 0 Å². The average molecular weight is 469 g/mol. The van der Waals surface area contributed by atoms with Gasteiger partial charge in [-0.05, 0) is 55.5 Å². The minimum atomic E-state index is -0.115. The maximum atomic E-state index is 12.4. The molecule has 0 atom stereocenters. The van der Waals surface area contributed by atoms with Crippen molar-refractivity contribution in [3.8, 4) is 17.3 Å². The average Bonchev–Trinajstić information content (AvgIpc) is 3.38. The lowest BCUT2D eigenvalue weighted by atomic mass is 10.2. The van der Waals surface area contributed by atoms with Gasteiger partial charge in [-0.2, -0.15) is 0 Å². The van der Waals surface area contributed by atoms with Crippen molar-refractivity contribution in [2.75, 3.05) is 11.1 Å². The Bertz CT molecular complexity index is 1110. The van der Waals surface area contributed by atoms with E-state index in [0.717, 1.165) is 21.4 Å². The largest absolute Gasteiger partial charge is 0.461 e. The molecule has 0 saturated carbocycles. The number of hydrogen-bond acceptors (Lipinski definition) is 5. The minimum absolute atomic E-state index is 0.115. The maximum Gasteiger partial charge on any atom is 0.234 e. The van der Waals surface area contributed by atoms with Crippen molar-refractivity contribution in [2.24, 2.45) is 0 Å². The Morgan fingerprint density at radius 2 is 1.86 bits per heavy atom. The number of rotatable bonds is 6. The molecule has 0 aliphatic rings. The number of halogens is 1. The smallest absolute Gasteiger partial charge is 0.234 e. The Labute approximate surface area is 180 Å². The number of carbonyl (C=O) groups excluding carboxylic acids is 1. The van der Waals surface area contributed by atoms with Crippen molar-refractivity contribution in [1.82, 2.24) is 14.8 Å². The fourth-order valence-electron chi connectivity index (χ4n) is 2.72. The summed E-state index contributed by atoms with van der Waals surface area (Å²) in [6.45, 7) is 2.03. The predicted molar refractivity (Wildman–Crippen MR) is 117 cm³/mol. The summed E-state index contributed by atoms with van der Waals surface area (Å²) in [5.41, 5.74) is 2.81. The zero-order valence-corrected chi connectivity index (χ0v) is 17.9. The van der Waals surface area contributed by atoms with Crippen LogP contribution in [-0.2, 0) is 4.79 Å². The number of nitrogens with one attached hydrogen (secondary N) is 1. The molecule has 4 rings (SSSR count). The number of aryl methyl sites for hydroxylation is 1. The van der Waals surface area contributed by atoms with Crippen molar-refractivity contribution >= 4 is 39.3 Å². The third-order valence-electron chi connectivity index (χ3n) is 4.13. The summed E-state index contributed by atoms with van der Waals surface area (Å²) in [5, 5.41) is 12.1. The van der Waals surface area contributed by atoms with E-state index in [9.17, 15) is 4.79 Å². The molecule has 6 nitrogen and oxygen atoms in total. The monoisotopic (exact) mass is 468 g/mol. The van der Waals surface area contributed by atoms with E-state index in [2.05, 4.69) is 31.4 Å². The van der Waals surface area contributed by atoms with Gasteiger partial charge in [-0.25, -0.2) is 0 Å². The zero-order valence-electron chi connectivity index (χ0n) is 15.5. The maximum absolute atomic E-state index is 12.4. The van der Waals surface area contributed by atoms with Gasteiger partial charge in [0.15, 0.2) is 10.9 Å². The topological polar surface area (TPSA) is 73.0 Å². The summed E-state index contributed by atoms with van der Waals surface area (Å²) in [7, 11) is 0. The van der Waals surface area contributed by atoms with Crippen LogP contribution >= 0.6 is 27.7 Å². The molecule has 146 valence electrons. The Hall–Kier alpha value is -2.84. The van der Waals surface area contributed by atoms with Gasteiger partial charge in [0.2, 0.25) is 11.7 Å². The van der Waals surface area contributed by atoms with Gasteiger partial charge >= 0.3 is 0 Å². The molecular formula is C21H17BrN4O2S. The first-order valence-electron chi connectivity index (χ1n) is 8.85. The summed E-state index contributed by atoms with van der Waals surface area (Å²) < 4.78 is 8.38. The first-order valence-corrected chi connectivity index (χ1v) is 10.6. The van der Waals surface area contributed by atoms with Crippen LogP contribution in [0.25, 0.3) is 17.3 Å². The normalized spacial score (nSPS) is 10.8. The second kappa shape index (κ2) is 8.67. The lowest BCUT2D eigenvalue weighted by molar-refractivity contribution is -0.113. The highest BCUT2D eigenvalue weighted by Gasteiger charge is 2.19. The minimum Gasteiger partial charge on any atom is -0.461 e. The molecular weight excluding hydrogens is 452 g/mol. The number of aromatic nitrogens is 3. The van der Waals surface area contributed by atoms with E-state index in [1.54, 1.807) is 6.26 Å². The Morgan fingerprint density at radius 3 is 2.55 bits per heavy atom. The van der Waals surface area contributed by atoms with E-state index in [4.69, 9.17) is 4.42 Å². The highest BCUT2D eigenvalue weighted by Crippen LogP contribution is 2.28. The zero-order chi connectivity index (χ0) is 20.2. The van der Waals surface area contributed by atoms with Crippen LogP contribution in [0.4, 0.5) is 5.69 Å². The number of benzene rings is 2. The summed E-state index contributed by atoms with van der Waals surface area (Å²) in [6.07, 6.45) is 1.60. The second-order valence-corrected chi connectivity index (χ2v) is 8.16. The lowest BCUT2D eigenvalue weighted by Gasteiger charge is -2.10. The quantitative estimate of drug-likeness (QED) is 0.387. The van der Waals surface area contributed by atoms with Crippen molar-refractivity contribution in [3.63, 3.8) is 0 Å². The third kappa shape index (κ3) is 4.60. The molecule has 0 bridgehead atoms. The predicted octanol–water partition coefficient (Wildman–Crippen LogP) is 5.33. The third-order valence-corrected chi connectivity index (χ3v) is 5.59. The number of furan rings is 1. The molecule has 0 saturated heterocycles. The number of anilines is 1. The molecule has 1 amide bonds. The number of nitrogens with zero attached hydrogens (tertiary/aromatic N) is 3. The van der Waals surface area contributed by atoms with E-state index in [1.165, 1.54) is 11.8 Å². The Balaban J connectivity index is 1.56. The summed E-state index contributed by atoms with van der Waals surface area (Å²) in [6, 6.07) is 19.1. The van der Waals surface area contributed by atoms with Gasteiger partial charge in [-0.1, -0.05) is 45.4 Å². The highest BCUT2D eigenvalue weighted by atomic mass is 79.9. The summed E-state index contributed by atoms with van der Waals surface area (Å²) >= 11 is 4.70. The van der Waals surface area contributed by atoms with Crippen molar-refractivity contribution in [2.45, 2.75) is 12.1 Å². The van der Waals surface area contributed by atoms with Gasteiger partial charge < -0.3 is 9.73 Å². The van der Waals surface area contributed by atoms with Crippen LogP contribution < -0.4 is 5.32 Å². The molecule has 2 aromatic carbocycles. The first kappa shape index (κ1) is 19.5. The van der Waals surface area contributed by atoms with Gasteiger partial charge in [-0.15, -0.1) is 10.2 Å². The molecule has 0 aliphatic carbocycles. The molecule has 2 aromatic heterocycles. The van der Waals surface area contributed by atoms with Crippen molar-refractivity contribution in [3.05, 3.63) is 77.0 Å². The van der Waals surface area contributed by atoms with E-state index < -0.39 is 0 Å². The van der Waals surface area contributed by atoms with Gasteiger partial charge in [-0.3, -0.25) is 9.36 Å². The number of thioether (sulfide) groups is 1. The van der Waals surface area contributed by atoms with Crippen molar-refractivity contribution in [1.29, 1.82) is 0 Å². The van der Waals surface area contributed by atoms with Crippen LogP contribution in [0.3, 0.4) is 0 Å². The van der Waals surface area contributed by atoms with Crippen LogP contribution in [0.2, 0.25) is 0 Å². The lowest BCUT2D eigenvalue weighted by Crippen LogP contribution is -2.14. The molecule has 29 heavy (non-hydrogen) atoms. The fourth-order valence-corrected chi connectivity index (χ4v) is 3.73. The van der Waals surface area contributed by atoms with Gasteiger partial charge in [0.1, 0.15) is 0 Å². The van der Waals surface area contributed by atoms with E-state index in [-0.39, 0.29) is 11.7 Å². The molecule has 2 heterocycles.